The smallest absolute Gasteiger partial charge is 0.407 e. The van der Waals surface area contributed by atoms with Gasteiger partial charge in [-0.2, -0.15) is 0 Å². The largest absolute Gasteiger partial charge is 0.481 e. The molecule has 174 valence electrons. The molecular formula is C26H30N2O5. The highest BCUT2D eigenvalue weighted by atomic mass is 16.5. The second-order valence-electron chi connectivity index (χ2n) is 9.32. The second kappa shape index (κ2) is 8.89. The molecule has 1 heterocycles. The number of fused-ring (bicyclic) bond motifs is 3. The summed E-state index contributed by atoms with van der Waals surface area (Å²) >= 11 is 0. The molecule has 1 aliphatic heterocycles. The Balaban J connectivity index is 1.36. The van der Waals surface area contributed by atoms with Gasteiger partial charge in [0.05, 0.1) is 5.41 Å². The van der Waals surface area contributed by atoms with Crippen LogP contribution < -0.4 is 5.32 Å². The molecule has 33 heavy (non-hydrogen) atoms. The Morgan fingerprint density at radius 2 is 1.64 bits per heavy atom. The number of likely N-dealkylation sites (tertiary alicyclic amines) is 1. The molecule has 0 spiro atoms. The molecule has 2 atom stereocenters. The number of hydrogen-bond acceptors (Lipinski definition) is 4. The van der Waals surface area contributed by atoms with Crippen LogP contribution in [0.15, 0.2) is 48.5 Å². The predicted molar refractivity (Wildman–Crippen MR) is 124 cm³/mol. The molecule has 2 amide bonds. The average Bonchev–Trinajstić information content (AvgIpc) is 3.38. The molecule has 0 saturated carbocycles. The van der Waals surface area contributed by atoms with Crippen molar-refractivity contribution in [2.45, 2.75) is 39.2 Å². The van der Waals surface area contributed by atoms with Crippen LogP contribution in [0, 0.1) is 11.3 Å². The van der Waals surface area contributed by atoms with E-state index in [2.05, 4.69) is 17.4 Å². The number of carboxylic acid groups (broad SMARTS) is 1. The van der Waals surface area contributed by atoms with Crippen molar-refractivity contribution >= 4 is 18.0 Å². The lowest BCUT2D eigenvalue weighted by Crippen LogP contribution is -2.48. The van der Waals surface area contributed by atoms with Crippen LogP contribution >= 0.6 is 0 Å². The number of nitrogens with zero attached hydrogens (tertiary/aromatic N) is 1. The van der Waals surface area contributed by atoms with E-state index >= 15 is 0 Å². The van der Waals surface area contributed by atoms with Crippen LogP contribution in [0.4, 0.5) is 4.79 Å². The SMILES string of the molecule is CC(C)C1(C(=O)O)CCN(C(=O)[C@H](C)NC(=O)OCC2c3ccccc3-c3ccccc32)C1. The molecule has 1 fully saturated rings. The van der Waals surface area contributed by atoms with E-state index in [4.69, 9.17) is 4.74 Å². The maximum Gasteiger partial charge on any atom is 0.407 e. The van der Waals surface area contributed by atoms with Crippen molar-refractivity contribution in [3.63, 3.8) is 0 Å². The van der Waals surface area contributed by atoms with Gasteiger partial charge in [0.15, 0.2) is 0 Å². The average molecular weight is 451 g/mol. The van der Waals surface area contributed by atoms with Crippen LogP contribution in [-0.2, 0) is 14.3 Å². The summed E-state index contributed by atoms with van der Waals surface area (Å²) in [5.41, 5.74) is 3.58. The van der Waals surface area contributed by atoms with Crippen molar-refractivity contribution in [1.29, 1.82) is 0 Å². The van der Waals surface area contributed by atoms with E-state index in [0.29, 0.717) is 13.0 Å². The van der Waals surface area contributed by atoms with E-state index in [1.54, 1.807) is 6.92 Å². The zero-order chi connectivity index (χ0) is 23.8. The first kappa shape index (κ1) is 22.8. The summed E-state index contributed by atoms with van der Waals surface area (Å²) in [6.45, 7) is 6.00. The van der Waals surface area contributed by atoms with E-state index in [1.165, 1.54) is 4.90 Å². The zero-order valence-electron chi connectivity index (χ0n) is 19.2. The molecule has 2 aliphatic rings. The summed E-state index contributed by atoms with van der Waals surface area (Å²) < 4.78 is 5.53. The van der Waals surface area contributed by atoms with Gasteiger partial charge in [0, 0.05) is 19.0 Å². The lowest BCUT2D eigenvalue weighted by Gasteiger charge is -2.29. The lowest BCUT2D eigenvalue weighted by atomic mass is 9.76. The van der Waals surface area contributed by atoms with Crippen molar-refractivity contribution in [3.8, 4) is 11.1 Å². The third kappa shape index (κ3) is 4.08. The van der Waals surface area contributed by atoms with Gasteiger partial charge in [-0.15, -0.1) is 0 Å². The Kier molecular flexibility index (Phi) is 6.15. The number of nitrogens with one attached hydrogen (secondary N) is 1. The normalized spacial score (nSPS) is 20.3. The van der Waals surface area contributed by atoms with Gasteiger partial charge in [0.25, 0.3) is 0 Å². The summed E-state index contributed by atoms with van der Waals surface area (Å²) in [5.74, 6) is -1.34. The fraction of sp³-hybridized carbons (Fsp3) is 0.423. The van der Waals surface area contributed by atoms with Crippen LogP contribution in [0.1, 0.15) is 44.2 Å². The predicted octanol–water partition coefficient (Wildman–Crippen LogP) is 3.87. The molecule has 1 unspecified atom stereocenters. The number of aliphatic carboxylic acids is 1. The van der Waals surface area contributed by atoms with Gasteiger partial charge in [-0.25, -0.2) is 4.79 Å². The van der Waals surface area contributed by atoms with Gasteiger partial charge < -0.3 is 20.1 Å². The topological polar surface area (TPSA) is 95.9 Å². The fourth-order valence-electron chi connectivity index (χ4n) is 5.07. The Bertz CT molecular complexity index is 1040. The minimum Gasteiger partial charge on any atom is -0.481 e. The number of benzene rings is 2. The van der Waals surface area contributed by atoms with Crippen LogP contribution in [0.25, 0.3) is 11.1 Å². The fourth-order valence-corrected chi connectivity index (χ4v) is 5.07. The van der Waals surface area contributed by atoms with Gasteiger partial charge in [-0.3, -0.25) is 9.59 Å². The Morgan fingerprint density at radius 3 is 2.15 bits per heavy atom. The Morgan fingerprint density at radius 1 is 1.06 bits per heavy atom. The zero-order valence-corrected chi connectivity index (χ0v) is 19.2. The molecule has 1 saturated heterocycles. The summed E-state index contributed by atoms with van der Waals surface area (Å²) in [6, 6.07) is 15.4. The number of carbonyl (C=O) groups excluding carboxylic acids is 2. The monoisotopic (exact) mass is 450 g/mol. The summed E-state index contributed by atoms with van der Waals surface area (Å²) in [6.07, 6.45) is -0.256. The highest BCUT2D eigenvalue weighted by Crippen LogP contribution is 2.44. The Hall–Kier alpha value is -3.35. The van der Waals surface area contributed by atoms with Crippen molar-refractivity contribution in [1.82, 2.24) is 10.2 Å². The molecule has 2 N–H and O–H groups in total. The standard InChI is InChI=1S/C26H30N2O5/c1-16(2)26(24(30)31)12-13-28(15-26)23(29)17(3)27-25(32)33-14-22-20-10-6-4-8-18(20)19-9-5-7-11-21(19)22/h4-11,16-17,22H,12-15H2,1-3H3,(H,27,32)(H,30,31)/t17-,26?/m0/s1. The van der Waals surface area contributed by atoms with Crippen LogP contribution in [-0.4, -0.2) is 53.7 Å². The van der Waals surface area contributed by atoms with Crippen molar-refractivity contribution < 1.29 is 24.2 Å². The number of hydrogen-bond donors (Lipinski definition) is 2. The number of carboxylic acids is 1. The molecule has 2 aromatic carbocycles. The molecule has 7 heteroatoms. The first-order valence-electron chi connectivity index (χ1n) is 11.4. The highest BCUT2D eigenvalue weighted by molar-refractivity contribution is 5.87. The number of carbonyl (C=O) groups is 3. The molecule has 2 aromatic rings. The summed E-state index contributed by atoms with van der Waals surface area (Å²) in [7, 11) is 0. The highest BCUT2D eigenvalue weighted by Gasteiger charge is 2.49. The van der Waals surface area contributed by atoms with Gasteiger partial charge in [0.1, 0.15) is 12.6 Å². The number of amides is 2. The molecule has 7 nitrogen and oxygen atoms in total. The van der Waals surface area contributed by atoms with Crippen molar-refractivity contribution in [2.24, 2.45) is 11.3 Å². The van der Waals surface area contributed by atoms with E-state index < -0.39 is 23.5 Å². The van der Waals surface area contributed by atoms with E-state index in [0.717, 1.165) is 22.3 Å². The number of rotatable bonds is 6. The molecule has 0 aromatic heterocycles. The molecule has 1 aliphatic carbocycles. The van der Waals surface area contributed by atoms with Crippen LogP contribution in [0.5, 0.6) is 0 Å². The molecule has 4 rings (SSSR count). The van der Waals surface area contributed by atoms with E-state index in [9.17, 15) is 19.5 Å². The number of alkyl carbamates (subject to hydrolysis) is 1. The van der Waals surface area contributed by atoms with Gasteiger partial charge in [0.2, 0.25) is 5.91 Å². The minimum absolute atomic E-state index is 0.0602. The van der Waals surface area contributed by atoms with Crippen LogP contribution in [0.3, 0.4) is 0 Å². The van der Waals surface area contributed by atoms with Crippen LogP contribution in [0.2, 0.25) is 0 Å². The van der Waals surface area contributed by atoms with Gasteiger partial charge in [-0.05, 0) is 41.5 Å². The molecule has 0 bridgehead atoms. The van der Waals surface area contributed by atoms with Gasteiger partial charge >= 0.3 is 12.1 Å². The third-order valence-corrected chi connectivity index (χ3v) is 7.19. The first-order valence-corrected chi connectivity index (χ1v) is 11.4. The van der Waals surface area contributed by atoms with Crippen molar-refractivity contribution in [2.75, 3.05) is 19.7 Å². The Labute approximate surface area is 193 Å². The minimum atomic E-state index is -0.945. The molecule has 0 radical (unpaired) electrons. The first-order chi connectivity index (χ1) is 15.7. The quantitative estimate of drug-likeness (QED) is 0.697. The van der Waals surface area contributed by atoms with E-state index in [-0.39, 0.29) is 30.9 Å². The van der Waals surface area contributed by atoms with Crippen molar-refractivity contribution in [3.05, 3.63) is 59.7 Å². The second-order valence-corrected chi connectivity index (χ2v) is 9.32. The molecular weight excluding hydrogens is 420 g/mol. The number of ether oxygens (including phenoxy) is 1. The third-order valence-electron chi connectivity index (χ3n) is 7.19. The maximum atomic E-state index is 12.9. The van der Waals surface area contributed by atoms with E-state index in [1.807, 2.05) is 50.2 Å². The van der Waals surface area contributed by atoms with Gasteiger partial charge in [-0.1, -0.05) is 62.4 Å². The summed E-state index contributed by atoms with van der Waals surface area (Å²) in [4.78, 5) is 38.7. The summed E-state index contributed by atoms with van der Waals surface area (Å²) in [5, 5.41) is 12.3. The lowest BCUT2D eigenvalue weighted by molar-refractivity contribution is -0.151. The maximum absolute atomic E-state index is 12.9.